The predicted molar refractivity (Wildman–Crippen MR) is 82.8 cm³/mol. The number of halogens is 3. The molecule has 9 heteroatoms. The zero-order valence-electron chi connectivity index (χ0n) is 10.7. The molecular weight excluding hydrogens is 398 g/mol. The predicted octanol–water partition coefficient (Wildman–Crippen LogP) is 4.10. The van der Waals surface area contributed by atoms with Crippen molar-refractivity contribution in [1.29, 1.82) is 5.26 Å². The van der Waals surface area contributed by atoms with Gasteiger partial charge in [-0.05, 0) is 58.0 Å². The summed E-state index contributed by atoms with van der Waals surface area (Å²) in [5.74, 6) is -2.05. The molecule has 0 aliphatic carbocycles. The highest BCUT2D eigenvalue weighted by molar-refractivity contribution is 9.10. The van der Waals surface area contributed by atoms with Crippen LogP contribution in [-0.2, 0) is 10.0 Å². The summed E-state index contributed by atoms with van der Waals surface area (Å²) in [6.07, 6.45) is 0. The van der Waals surface area contributed by atoms with Crippen LogP contribution in [0.25, 0.3) is 0 Å². The van der Waals surface area contributed by atoms with Gasteiger partial charge in [-0.3, -0.25) is 4.72 Å². The lowest BCUT2D eigenvalue weighted by Gasteiger charge is -2.11. The SMILES string of the molecule is N#CSc1ccc(NS(=O)(=O)c2ccc(F)cc2F)c(Br)c1. The summed E-state index contributed by atoms with van der Waals surface area (Å²) in [4.78, 5) is -0.0402. The molecule has 114 valence electrons. The maximum Gasteiger partial charge on any atom is 0.264 e. The maximum absolute atomic E-state index is 13.6. The van der Waals surface area contributed by atoms with E-state index in [1.807, 2.05) is 5.40 Å². The molecule has 0 aliphatic heterocycles. The van der Waals surface area contributed by atoms with E-state index in [9.17, 15) is 17.2 Å². The van der Waals surface area contributed by atoms with Crippen molar-refractivity contribution in [3.05, 3.63) is 52.5 Å². The number of nitrogens with one attached hydrogen (secondary N) is 1. The number of nitriles is 1. The number of nitrogens with zero attached hydrogens (tertiary/aromatic N) is 1. The molecular formula is C13H7BrF2N2O2S2. The number of thiocyanates is 1. The molecule has 0 saturated heterocycles. The van der Waals surface area contributed by atoms with Crippen LogP contribution in [0.15, 0.2) is 50.7 Å². The molecule has 22 heavy (non-hydrogen) atoms. The van der Waals surface area contributed by atoms with Crippen LogP contribution in [0.5, 0.6) is 0 Å². The quantitative estimate of drug-likeness (QED) is 0.614. The molecule has 0 radical (unpaired) electrons. The normalized spacial score (nSPS) is 11.0. The molecule has 2 rings (SSSR count). The maximum atomic E-state index is 13.6. The highest BCUT2D eigenvalue weighted by Crippen LogP contribution is 2.30. The number of anilines is 1. The van der Waals surface area contributed by atoms with Crippen molar-refractivity contribution in [2.75, 3.05) is 4.72 Å². The second-order valence-corrected chi connectivity index (χ2v) is 7.38. The van der Waals surface area contributed by atoms with Gasteiger partial charge in [-0.2, -0.15) is 5.26 Å². The third-order valence-corrected chi connectivity index (χ3v) is 5.17. The topological polar surface area (TPSA) is 70.0 Å². The minimum absolute atomic E-state index is 0.172. The van der Waals surface area contributed by atoms with Crippen LogP contribution >= 0.6 is 27.7 Å². The van der Waals surface area contributed by atoms with Gasteiger partial charge in [0.25, 0.3) is 10.0 Å². The van der Waals surface area contributed by atoms with Gasteiger partial charge in [0.1, 0.15) is 21.9 Å². The van der Waals surface area contributed by atoms with E-state index in [-0.39, 0.29) is 5.69 Å². The fraction of sp³-hybridized carbons (Fsp3) is 0. The first-order valence-corrected chi connectivity index (χ1v) is 8.76. The molecule has 0 bridgehead atoms. The van der Waals surface area contributed by atoms with Crippen LogP contribution in [0.4, 0.5) is 14.5 Å². The highest BCUT2D eigenvalue weighted by Gasteiger charge is 2.20. The smallest absolute Gasteiger partial charge is 0.264 e. The molecule has 0 fully saturated rings. The van der Waals surface area contributed by atoms with Gasteiger partial charge in [-0.25, -0.2) is 17.2 Å². The van der Waals surface area contributed by atoms with Crippen LogP contribution in [0.2, 0.25) is 0 Å². The molecule has 4 nitrogen and oxygen atoms in total. The summed E-state index contributed by atoms with van der Waals surface area (Å²) >= 11 is 4.08. The Balaban J connectivity index is 2.35. The van der Waals surface area contributed by atoms with Crippen molar-refractivity contribution in [1.82, 2.24) is 0 Å². The van der Waals surface area contributed by atoms with E-state index in [1.165, 1.54) is 12.1 Å². The van der Waals surface area contributed by atoms with E-state index < -0.39 is 26.6 Å². The summed E-state index contributed by atoms with van der Waals surface area (Å²) in [6, 6.07) is 6.73. The van der Waals surface area contributed by atoms with E-state index in [2.05, 4.69) is 20.7 Å². The van der Waals surface area contributed by atoms with Crippen molar-refractivity contribution >= 4 is 43.4 Å². The van der Waals surface area contributed by atoms with Gasteiger partial charge in [0.2, 0.25) is 0 Å². The second-order valence-electron chi connectivity index (χ2n) is 4.02. The van der Waals surface area contributed by atoms with Gasteiger partial charge >= 0.3 is 0 Å². The number of benzene rings is 2. The summed E-state index contributed by atoms with van der Waals surface area (Å²) in [5.41, 5.74) is 0.172. The van der Waals surface area contributed by atoms with Crippen molar-refractivity contribution in [3.8, 4) is 5.40 Å². The molecule has 0 amide bonds. The van der Waals surface area contributed by atoms with E-state index in [0.717, 1.165) is 23.9 Å². The largest absolute Gasteiger partial charge is 0.278 e. The zero-order chi connectivity index (χ0) is 16.3. The Morgan fingerprint density at radius 2 is 1.91 bits per heavy atom. The van der Waals surface area contributed by atoms with Crippen molar-refractivity contribution in [3.63, 3.8) is 0 Å². The van der Waals surface area contributed by atoms with Crippen LogP contribution in [0, 0.1) is 22.3 Å². The number of hydrogen-bond donors (Lipinski definition) is 1. The summed E-state index contributed by atoms with van der Waals surface area (Å²) in [7, 11) is -4.20. The fourth-order valence-corrected chi connectivity index (χ4v) is 3.91. The Kier molecular flexibility index (Phi) is 5.05. The number of thioether (sulfide) groups is 1. The van der Waals surface area contributed by atoms with Gasteiger partial charge in [0, 0.05) is 15.4 Å². The highest BCUT2D eigenvalue weighted by atomic mass is 79.9. The average molecular weight is 405 g/mol. The molecule has 0 aliphatic rings. The van der Waals surface area contributed by atoms with Crippen molar-refractivity contribution in [2.24, 2.45) is 0 Å². The number of hydrogen-bond acceptors (Lipinski definition) is 4. The first-order chi connectivity index (χ1) is 10.3. The van der Waals surface area contributed by atoms with E-state index >= 15 is 0 Å². The lowest BCUT2D eigenvalue weighted by atomic mass is 10.3. The van der Waals surface area contributed by atoms with Gasteiger partial charge in [-0.1, -0.05) is 0 Å². The third kappa shape index (κ3) is 3.76. The Labute approximate surface area is 138 Å². The summed E-state index contributed by atoms with van der Waals surface area (Å²) in [5, 5.41) is 10.5. The summed E-state index contributed by atoms with van der Waals surface area (Å²) in [6.45, 7) is 0. The summed E-state index contributed by atoms with van der Waals surface area (Å²) < 4.78 is 53.3. The number of sulfonamides is 1. The van der Waals surface area contributed by atoms with Crippen molar-refractivity contribution < 1.29 is 17.2 Å². The third-order valence-electron chi connectivity index (χ3n) is 2.53. The van der Waals surface area contributed by atoms with Crippen LogP contribution in [0.3, 0.4) is 0 Å². The fourth-order valence-electron chi connectivity index (χ4n) is 1.59. The van der Waals surface area contributed by atoms with Gasteiger partial charge in [-0.15, -0.1) is 0 Å². The van der Waals surface area contributed by atoms with E-state index in [4.69, 9.17) is 5.26 Å². The zero-order valence-corrected chi connectivity index (χ0v) is 13.9. The first-order valence-electron chi connectivity index (χ1n) is 5.67. The van der Waals surface area contributed by atoms with E-state index in [0.29, 0.717) is 15.4 Å². The molecule has 1 N–H and O–H groups in total. The minimum atomic E-state index is -4.20. The van der Waals surface area contributed by atoms with Crippen LogP contribution in [0.1, 0.15) is 0 Å². The first kappa shape index (κ1) is 16.7. The van der Waals surface area contributed by atoms with Gasteiger partial charge in [0.15, 0.2) is 0 Å². The van der Waals surface area contributed by atoms with Gasteiger partial charge in [0.05, 0.1) is 5.69 Å². The van der Waals surface area contributed by atoms with Crippen LogP contribution < -0.4 is 4.72 Å². The lowest BCUT2D eigenvalue weighted by Crippen LogP contribution is -2.15. The Hall–Kier alpha value is -1.63. The number of rotatable bonds is 4. The standard InChI is InChI=1S/C13H7BrF2N2O2S2/c14-10-6-9(21-7-17)2-3-12(10)18-22(19,20)13-4-1-8(15)5-11(13)16/h1-6,18H. The Morgan fingerprint density at radius 1 is 1.18 bits per heavy atom. The molecule has 0 atom stereocenters. The molecule has 0 unspecified atom stereocenters. The van der Waals surface area contributed by atoms with E-state index in [1.54, 1.807) is 6.07 Å². The van der Waals surface area contributed by atoms with Gasteiger partial charge < -0.3 is 0 Å². The monoisotopic (exact) mass is 404 g/mol. The Bertz CT molecular complexity index is 867. The molecule has 0 aromatic heterocycles. The van der Waals surface area contributed by atoms with Crippen LogP contribution in [-0.4, -0.2) is 8.42 Å². The lowest BCUT2D eigenvalue weighted by molar-refractivity contribution is 0.551. The molecule has 0 heterocycles. The molecule has 0 spiro atoms. The minimum Gasteiger partial charge on any atom is -0.278 e. The Morgan fingerprint density at radius 3 is 2.50 bits per heavy atom. The molecule has 2 aromatic rings. The second kappa shape index (κ2) is 6.64. The molecule has 0 saturated carbocycles. The average Bonchev–Trinajstić information content (AvgIpc) is 2.41. The molecule has 2 aromatic carbocycles. The van der Waals surface area contributed by atoms with Crippen molar-refractivity contribution in [2.45, 2.75) is 9.79 Å².